The van der Waals surface area contributed by atoms with Crippen LogP contribution in [-0.2, 0) is 17.8 Å². The molecule has 7 heteroatoms. The molecule has 1 aromatic heterocycles. The average molecular weight is 391 g/mol. The van der Waals surface area contributed by atoms with Gasteiger partial charge in [0.25, 0.3) is 0 Å². The van der Waals surface area contributed by atoms with Crippen LogP contribution in [-0.4, -0.2) is 53.5 Å². The van der Waals surface area contributed by atoms with Crippen LogP contribution in [0, 0.1) is 0 Å². The SMILES string of the molecule is CN(C)Cc1ccc([C@@H](CN)C(=O)Cc2ccc3cnccc3c2)cc1B(O)O. The van der Waals surface area contributed by atoms with Crippen molar-refractivity contribution in [3.05, 3.63) is 71.5 Å². The lowest BCUT2D eigenvalue weighted by Crippen LogP contribution is -2.36. The number of nitrogens with two attached hydrogens (primary N) is 1. The molecule has 29 heavy (non-hydrogen) atoms. The standard InChI is InChI=1S/C22H26BN3O3/c1-26(2)14-19-6-5-17(11-21(19)23(28)29)20(12-24)22(27)10-15-3-4-18-13-25-8-7-16(18)9-15/h3-9,11,13,20,28-29H,10,12,14,24H2,1-2H3/t20-/m1/s1. The number of rotatable bonds is 8. The highest BCUT2D eigenvalue weighted by molar-refractivity contribution is 6.59. The first kappa shape index (κ1) is 21.1. The molecule has 0 saturated heterocycles. The van der Waals surface area contributed by atoms with Crippen molar-refractivity contribution in [1.82, 2.24) is 9.88 Å². The van der Waals surface area contributed by atoms with Gasteiger partial charge in [-0.25, -0.2) is 0 Å². The van der Waals surface area contributed by atoms with E-state index in [-0.39, 0.29) is 18.7 Å². The summed E-state index contributed by atoms with van der Waals surface area (Å²) in [4.78, 5) is 19.0. The second-order valence-corrected chi connectivity index (χ2v) is 7.56. The van der Waals surface area contributed by atoms with Crippen molar-refractivity contribution in [2.45, 2.75) is 18.9 Å². The van der Waals surface area contributed by atoms with Gasteiger partial charge in [-0.1, -0.05) is 36.4 Å². The summed E-state index contributed by atoms with van der Waals surface area (Å²) >= 11 is 0. The van der Waals surface area contributed by atoms with Crippen LogP contribution in [0.5, 0.6) is 0 Å². The van der Waals surface area contributed by atoms with E-state index in [2.05, 4.69) is 4.98 Å². The monoisotopic (exact) mass is 391 g/mol. The molecule has 0 amide bonds. The van der Waals surface area contributed by atoms with E-state index in [1.807, 2.05) is 55.4 Å². The second kappa shape index (κ2) is 9.28. The lowest BCUT2D eigenvalue weighted by molar-refractivity contribution is -0.119. The third-order valence-corrected chi connectivity index (χ3v) is 5.04. The van der Waals surface area contributed by atoms with Gasteiger partial charge in [0.1, 0.15) is 5.78 Å². The van der Waals surface area contributed by atoms with E-state index < -0.39 is 13.0 Å². The number of fused-ring (bicyclic) bond motifs is 1. The molecular formula is C22H26BN3O3. The third kappa shape index (κ3) is 5.08. The Morgan fingerprint density at radius 2 is 1.93 bits per heavy atom. The van der Waals surface area contributed by atoms with Gasteiger partial charge in [-0.15, -0.1) is 0 Å². The van der Waals surface area contributed by atoms with Gasteiger partial charge in [0.15, 0.2) is 0 Å². The molecule has 2 aromatic carbocycles. The fraction of sp³-hybridized carbons (Fsp3) is 0.273. The van der Waals surface area contributed by atoms with E-state index in [1.165, 1.54) is 0 Å². The van der Waals surface area contributed by atoms with Crippen LogP contribution in [0.15, 0.2) is 54.9 Å². The highest BCUT2D eigenvalue weighted by Crippen LogP contribution is 2.21. The first-order valence-corrected chi connectivity index (χ1v) is 9.58. The van der Waals surface area contributed by atoms with Crippen molar-refractivity contribution >= 4 is 29.1 Å². The maximum absolute atomic E-state index is 13.0. The Balaban J connectivity index is 1.85. The summed E-state index contributed by atoms with van der Waals surface area (Å²) in [7, 11) is 2.22. The molecule has 0 bridgehead atoms. The van der Waals surface area contributed by atoms with Crippen LogP contribution < -0.4 is 11.2 Å². The molecule has 0 fully saturated rings. The summed E-state index contributed by atoms with van der Waals surface area (Å²) in [6, 6.07) is 13.2. The molecular weight excluding hydrogens is 365 g/mol. The van der Waals surface area contributed by atoms with E-state index >= 15 is 0 Å². The van der Waals surface area contributed by atoms with Gasteiger partial charge in [0.2, 0.25) is 0 Å². The van der Waals surface area contributed by atoms with E-state index in [0.29, 0.717) is 17.6 Å². The molecule has 0 spiro atoms. The molecule has 0 unspecified atom stereocenters. The van der Waals surface area contributed by atoms with Crippen LogP contribution in [0.4, 0.5) is 0 Å². The maximum Gasteiger partial charge on any atom is 0.488 e. The van der Waals surface area contributed by atoms with Crippen LogP contribution in [0.1, 0.15) is 22.6 Å². The zero-order valence-corrected chi connectivity index (χ0v) is 16.7. The van der Waals surface area contributed by atoms with Crippen LogP contribution in [0.3, 0.4) is 0 Å². The molecule has 0 radical (unpaired) electrons. The number of pyridine rings is 1. The number of carbonyl (C=O) groups excluding carboxylic acids is 1. The van der Waals surface area contributed by atoms with Crippen molar-refractivity contribution in [1.29, 1.82) is 0 Å². The Morgan fingerprint density at radius 3 is 2.62 bits per heavy atom. The molecule has 1 heterocycles. The Hall–Kier alpha value is -2.58. The molecule has 0 aliphatic heterocycles. The number of benzene rings is 2. The van der Waals surface area contributed by atoms with Crippen molar-refractivity contribution in [2.75, 3.05) is 20.6 Å². The smallest absolute Gasteiger partial charge is 0.423 e. The highest BCUT2D eigenvalue weighted by atomic mass is 16.4. The molecule has 3 rings (SSSR count). The van der Waals surface area contributed by atoms with Crippen molar-refractivity contribution in [3.63, 3.8) is 0 Å². The lowest BCUT2D eigenvalue weighted by atomic mass is 9.74. The molecule has 6 nitrogen and oxygen atoms in total. The molecule has 150 valence electrons. The Morgan fingerprint density at radius 1 is 1.14 bits per heavy atom. The summed E-state index contributed by atoms with van der Waals surface area (Å²) in [5, 5.41) is 21.6. The summed E-state index contributed by atoms with van der Waals surface area (Å²) in [5.41, 5.74) is 8.76. The number of hydrogen-bond acceptors (Lipinski definition) is 6. The van der Waals surface area contributed by atoms with Gasteiger partial charge in [0.05, 0.1) is 5.92 Å². The van der Waals surface area contributed by atoms with E-state index in [0.717, 1.165) is 21.9 Å². The number of Topliss-reactive ketones (excluding diaryl/α,β-unsaturated/α-hetero) is 1. The van der Waals surface area contributed by atoms with Gasteiger partial charge < -0.3 is 20.7 Å². The molecule has 0 aliphatic carbocycles. The minimum absolute atomic E-state index is 0.000328. The fourth-order valence-electron chi connectivity index (χ4n) is 3.58. The zero-order chi connectivity index (χ0) is 21.0. The van der Waals surface area contributed by atoms with Crippen LogP contribution in [0.2, 0.25) is 0 Å². The number of ketones is 1. The second-order valence-electron chi connectivity index (χ2n) is 7.56. The summed E-state index contributed by atoms with van der Waals surface area (Å²) in [6.45, 7) is 0.727. The van der Waals surface area contributed by atoms with Crippen LogP contribution in [0.25, 0.3) is 10.8 Å². The molecule has 1 atom stereocenters. The van der Waals surface area contributed by atoms with Gasteiger partial charge in [-0.05, 0) is 47.7 Å². The number of aromatic nitrogens is 1. The van der Waals surface area contributed by atoms with Gasteiger partial charge in [-0.2, -0.15) is 0 Å². The van der Waals surface area contributed by atoms with E-state index in [9.17, 15) is 14.8 Å². The summed E-state index contributed by atoms with van der Waals surface area (Å²) < 4.78 is 0. The van der Waals surface area contributed by atoms with Crippen LogP contribution >= 0.6 is 0 Å². The predicted octanol–water partition coefficient (Wildman–Crippen LogP) is 0.830. The first-order chi connectivity index (χ1) is 13.9. The normalized spacial score (nSPS) is 12.3. The van der Waals surface area contributed by atoms with Gasteiger partial charge in [0, 0.05) is 37.3 Å². The first-order valence-electron chi connectivity index (χ1n) is 9.58. The zero-order valence-electron chi connectivity index (χ0n) is 16.7. The summed E-state index contributed by atoms with van der Waals surface area (Å²) in [6.07, 6.45) is 3.78. The van der Waals surface area contributed by atoms with Gasteiger partial charge >= 0.3 is 7.12 Å². The van der Waals surface area contributed by atoms with Gasteiger partial charge in [-0.3, -0.25) is 9.78 Å². The summed E-state index contributed by atoms with van der Waals surface area (Å²) in [5.74, 6) is -0.506. The minimum Gasteiger partial charge on any atom is -0.423 e. The lowest BCUT2D eigenvalue weighted by Gasteiger charge is -2.19. The molecule has 4 N–H and O–H groups in total. The Labute approximate surface area is 171 Å². The predicted molar refractivity (Wildman–Crippen MR) is 116 cm³/mol. The average Bonchev–Trinajstić information content (AvgIpc) is 2.69. The van der Waals surface area contributed by atoms with Crippen molar-refractivity contribution < 1.29 is 14.8 Å². The fourth-order valence-corrected chi connectivity index (χ4v) is 3.58. The third-order valence-electron chi connectivity index (χ3n) is 5.04. The quantitative estimate of drug-likeness (QED) is 0.492. The molecule has 0 aliphatic rings. The topological polar surface area (TPSA) is 99.7 Å². The van der Waals surface area contributed by atoms with Crippen molar-refractivity contribution in [3.8, 4) is 0 Å². The molecule has 3 aromatic rings. The highest BCUT2D eigenvalue weighted by Gasteiger charge is 2.23. The number of hydrogen-bond donors (Lipinski definition) is 3. The number of nitrogens with zero attached hydrogens (tertiary/aromatic N) is 2. The minimum atomic E-state index is -1.60. The maximum atomic E-state index is 13.0. The number of carbonyl (C=O) groups is 1. The van der Waals surface area contributed by atoms with E-state index in [1.54, 1.807) is 18.5 Å². The molecule has 0 saturated carbocycles. The van der Waals surface area contributed by atoms with E-state index in [4.69, 9.17) is 5.73 Å². The van der Waals surface area contributed by atoms with Crippen molar-refractivity contribution in [2.24, 2.45) is 5.73 Å². The Kier molecular flexibility index (Phi) is 6.77. The Bertz CT molecular complexity index is 1010. The largest absolute Gasteiger partial charge is 0.488 e.